The molecule has 1 N–H and O–H groups in total. The fourth-order valence-corrected chi connectivity index (χ4v) is 0.209. The van der Waals surface area contributed by atoms with Crippen molar-refractivity contribution in [2.45, 2.75) is 6.92 Å². The summed E-state index contributed by atoms with van der Waals surface area (Å²) in [6.45, 7) is 3.20. The zero-order valence-electron chi connectivity index (χ0n) is 4.55. The molecule has 0 aromatic carbocycles. The van der Waals surface area contributed by atoms with Gasteiger partial charge in [-0.25, -0.2) is 0 Å². The maximum Gasteiger partial charge on any atom is 0.0697 e. The van der Waals surface area contributed by atoms with Crippen LogP contribution in [0.3, 0.4) is 0 Å². The standard InChI is InChI=1S/C4H10O2.Y/c1-2-6-4-3-5;/h5H,2-4H2,1H3;. The Morgan fingerprint density at radius 3 is 2.29 bits per heavy atom. The van der Waals surface area contributed by atoms with Gasteiger partial charge in [0.15, 0.2) is 0 Å². The summed E-state index contributed by atoms with van der Waals surface area (Å²) in [6, 6.07) is 0. The summed E-state index contributed by atoms with van der Waals surface area (Å²) >= 11 is 0. The Hall–Kier alpha value is 1.02. The number of aliphatic hydroxyl groups is 1. The van der Waals surface area contributed by atoms with Crippen LogP contribution in [0.5, 0.6) is 0 Å². The van der Waals surface area contributed by atoms with Crippen molar-refractivity contribution in [3.63, 3.8) is 0 Å². The van der Waals surface area contributed by atoms with Gasteiger partial charge >= 0.3 is 0 Å². The molecule has 0 aromatic heterocycles. The summed E-state index contributed by atoms with van der Waals surface area (Å²) in [4.78, 5) is 0. The third-order valence-electron chi connectivity index (χ3n) is 0.440. The SMILES string of the molecule is CCOCCO.[Y]. The molecule has 0 aliphatic carbocycles. The Morgan fingerprint density at radius 1 is 1.57 bits per heavy atom. The molecule has 0 heterocycles. The summed E-state index contributed by atoms with van der Waals surface area (Å²) < 4.78 is 4.73. The van der Waals surface area contributed by atoms with E-state index in [2.05, 4.69) is 0 Å². The Bertz CT molecular complexity index is 21.7. The molecule has 0 saturated carbocycles. The van der Waals surface area contributed by atoms with Crippen LogP contribution >= 0.6 is 0 Å². The molecule has 3 heteroatoms. The Morgan fingerprint density at radius 2 is 2.14 bits per heavy atom. The van der Waals surface area contributed by atoms with Gasteiger partial charge in [-0.05, 0) is 6.92 Å². The molecular weight excluding hydrogens is 169 g/mol. The van der Waals surface area contributed by atoms with Crippen LogP contribution in [-0.4, -0.2) is 24.9 Å². The first kappa shape index (κ1) is 10.9. The average Bonchev–Trinajstić information content (AvgIpc) is 1.61. The molecule has 0 fully saturated rings. The first-order valence-corrected chi connectivity index (χ1v) is 2.10. The van der Waals surface area contributed by atoms with Crippen LogP contribution in [0.2, 0.25) is 0 Å². The van der Waals surface area contributed by atoms with E-state index in [-0.39, 0.29) is 39.3 Å². The maximum atomic E-state index is 8.07. The van der Waals surface area contributed by atoms with E-state index in [9.17, 15) is 0 Å². The van der Waals surface area contributed by atoms with Gasteiger partial charge in [0.2, 0.25) is 0 Å². The van der Waals surface area contributed by atoms with E-state index in [1.54, 1.807) is 0 Å². The number of rotatable bonds is 3. The maximum absolute atomic E-state index is 8.07. The van der Waals surface area contributed by atoms with Crippen LogP contribution < -0.4 is 0 Å². The van der Waals surface area contributed by atoms with Gasteiger partial charge in [-0.15, -0.1) is 0 Å². The van der Waals surface area contributed by atoms with Crippen molar-refractivity contribution in [2.24, 2.45) is 0 Å². The molecule has 0 amide bonds. The fourth-order valence-electron chi connectivity index (χ4n) is 0.209. The average molecular weight is 179 g/mol. The zero-order chi connectivity index (χ0) is 4.83. The van der Waals surface area contributed by atoms with Gasteiger partial charge in [-0.3, -0.25) is 0 Å². The van der Waals surface area contributed by atoms with Crippen molar-refractivity contribution in [1.82, 2.24) is 0 Å². The van der Waals surface area contributed by atoms with E-state index in [1.807, 2.05) is 6.92 Å². The summed E-state index contributed by atoms with van der Waals surface area (Å²) in [6.07, 6.45) is 0. The number of hydrogen-bond donors (Lipinski definition) is 1. The molecule has 0 atom stereocenters. The first-order chi connectivity index (χ1) is 2.91. The minimum atomic E-state index is 0. The molecule has 0 aromatic rings. The third kappa shape index (κ3) is 10.9. The van der Waals surface area contributed by atoms with E-state index >= 15 is 0 Å². The molecule has 0 unspecified atom stereocenters. The number of aliphatic hydroxyl groups excluding tert-OH is 1. The van der Waals surface area contributed by atoms with Crippen LogP contribution in [-0.2, 0) is 37.4 Å². The van der Waals surface area contributed by atoms with Crippen molar-refractivity contribution in [1.29, 1.82) is 0 Å². The summed E-state index contributed by atoms with van der Waals surface area (Å²) in [5.74, 6) is 0. The molecular formula is C4H10O2Y. The minimum absolute atomic E-state index is 0. The van der Waals surface area contributed by atoms with Gasteiger partial charge in [-0.1, -0.05) is 0 Å². The van der Waals surface area contributed by atoms with Crippen molar-refractivity contribution in [2.75, 3.05) is 19.8 Å². The summed E-state index contributed by atoms with van der Waals surface area (Å²) in [7, 11) is 0. The molecule has 0 rings (SSSR count). The number of ether oxygens (including phenoxy) is 1. The van der Waals surface area contributed by atoms with E-state index < -0.39 is 0 Å². The molecule has 1 radical (unpaired) electrons. The molecule has 0 aliphatic heterocycles. The van der Waals surface area contributed by atoms with Crippen molar-refractivity contribution in [3.8, 4) is 0 Å². The van der Waals surface area contributed by atoms with Crippen LogP contribution in [0.1, 0.15) is 6.92 Å². The molecule has 41 valence electrons. The third-order valence-corrected chi connectivity index (χ3v) is 0.440. The van der Waals surface area contributed by atoms with Crippen LogP contribution in [0.25, 0.3) is 0 Å². The van der Waals surface area contributed by atoms with E-state index in [4.69, 9.17) is 9.84 Å². The summed E-state index contributed by atoms with van der Waals surface area (Å²) in [5, 5.41) is 8.07. The van der Waals surface area contributed by atoms with Gasteiger partial charge in [-0.2, -0.15) is 0 Å². The summed E-state index contributed by atoms with van der Waals surface area (Å²) in [5.41, 5.74) is 0. The second kappa shape index (κ2) is 10.1. The predicted molar refractivity (Wildman–Crippen MR) is 23.6 cm³/mol. The van der Waals surface area contributed by atoms with Crippen molar-refractivity contribution < 1.29 is 42.6 Å². The molecule has 7 heavy (non-hydrogen) atoms. The minimum Gasteiger partial charge on any atom is -0.394 e. The Balaban J connectivity index is 0. The molecule has 0 bridgehead atoms. The van der Waals surface area contributed by atoms with Crippen LogP contribution in [0.15, 0.2) is 0 Å². The van der Waals surface area contributed by atoms with Gasteiger partial charge < -0.3 is 9.84 Å². The van der Waals surface area contributed by atoms with Crippen molar-refractivity contribution in [3.05, 3.63) is 0 Å². The predicted octanol–water partition coefficient (Wildman–Crippen LogP) is 0.0127. The van der Waals surface area contributed by atoms with Crippen LogP contribution in [0, 0.1) is 0 Å². The van der Waals surface area contributed by atoms with E-state index in [0.717, 1.165) is 0 Å². The van der Waals surface area contributed by atoms with Crippen LogP contribution in [0.4, 0.5) is 0 Å². The second-order valence-corrected chi connectivity index (χ2v) is 0.921. The Kier molecular flexibility index (Phi) is 15.7. The molecule has 0 aliphatic rings. The van der Waals surface area contributed by atoms with Gasteiger partial charge in [0, 0.05) is 39.3 Å². The smallest absolute Gasteiger partial charge is 0.0697 e. The second-order valence-electron chi connectivity index (χ2n) is 0.921. The molecule has 0 spiro atoms. The van der Waals surface area contributed by atoms with Gasteiger partial charge in [0.25, 0.3) is 0 Å². The van der Waals surface area contributed by atoms with Crippen molar-refractivity contribution >= 4 is 0 Å². The molecule has 2 nitrogen and oxygen atoms in total. The van der Waals surface area contributed by atoms with E-state index in [1.165, 1.54) is 0 Å². The van der Waals surface area contributed by atoms with Gasteiger partial charge in [0.05, 0.1) is 13.2 Å². The quantitative estimate of drug-likeness (QED) is 0.618. The normalized spacial score (nSPS) is 7.71. The Labute approximate surface area is 69.1 Å². The topological polar surface area (TPSA) is 29.5 Å². The monoisotopic (exact) mass is 179 g/mol. The zero-order valence-corrected chi connectivity index (χ0v) is 7.39. The van der Waals surface area contributed by atoms with E-state index in [0.29, 0.717) is 13.2 Å². The fraction of sp³-hybridized carbons (Fsp3) is 1.00. The first-order valence-electron chi connectivity index (χ1n) is 2.10. The number of hydrogen-bond acceptors (Lipinski definition) is 2. The largest absolute Gasteiger partial charge is 0.394 e. The van der Waals surface area contributed by atoms with Gasteiger partial charge in [0.1, 0.15) is 0 Å². The molecule has 0 saturated heterocycles.